The summed E-state index contributed by atoms with van der Waals surface area (Å²) >= 11 is 0. The van der Waals surface area contributed by atoms with Crippen molar-refractivity contribution >= 4 is 16.8 Å². The first-order valence-corrected chi connectivity index (χ1v) is 13.2. The van der Waals surface area contributed by atoms with E-state index in [1.807, 2.05) is 35.0 Å². The highest BCUT2D eigenvalue weighted by Crippen LogP contribution is 2.19. The molecule has 0 radical (unpaired) electrons. The van der Waals surface area contributed by atoms with Crippen molar-refractivity contribution in [2.75, 3.05) is 20.3 Å². The average Bonchev–Trinajstić information content (AvgIpc) is 3.33. The number of aliphatic hydroxyl groups excluding tert-OH is 1. The van der Waals surface area contributed by atoms with Gasteiger partial charge in [0.25, 0.3) is 5.91 Å². The smallest absolute Gasteiger partial charge is 0.251 e. The fourth-order valence-corrected chi connectivity index (χ4v) is 4.69. The standard InChI is InChI=1S/C31H35F2N3O3/c1-3-21-5-4-6-22(13-21)19-34-20-30(37)28(16-23-14-26(32)18-27(33)15-23)35-31(38)25-8-7-24-9-10-36(11-12-39-2)29(24)17-25/h4-10,13-15,17-18,28,30,34,37H,3,11-12,16,19-20H2,1-2H3,(H,35,38)/t28-,30+/m0/s1. The van der Waals surface area contributed by atoms with Gasteiger partial charge in [-0.25, -0.2) is 8.78 Å². The Kier molecular flexibility index (Phi) is 9.81. The molecule has 0 aliphatic carbocycles. The fourth-order valence-electron chi connectivity index (χ4n) is 4.69. The minimum Gasteiger partial charge on any atom is -0.390 e. The Labute approximate surface area is 227 Å². The van der Waals surface area contributed by atoms with Gasteiger partial charge < -0.3 is 25.0 Å². The molecule has 6 nitrogen and oxygen atoms in total. The lowest BCUT2D eigenvalue weighted by Crippen LogP contribution is -2.48. The van der Waals surface area contributed by atoms with Crippen LogP contribution < -0.4 is 10.6 Å². The second-order valence-corrected chi connectivity index (χ2v) is 9.71. The monoisotopic (exact) mass is 535 g/mol. The van der Waals surface area contributed by atoms with Crippen molar-refractivity contribution in [3.63, 3.8) is 0 Å². The van der Waals surface area contributed by atoms with Crippen molar-refractivity contribution in [3.8, 4) is 0 Å². The zero-order chi connectivity index (χ0) is 27.8. The molecular formula is C31H35F2N3O3. The Bertz CT molecular complexity index is 1380. The summed E-state index contributed by atoms with van der Waals surface area (Å²) in [6.45, 7) is 3.99. The first kappa shape index (κ1) is 28.4. The van der Waals surface area contributed by atoms with Crippen LogP contribution in [0, 0.1) is 11.6 Å². The Morgan fingerprint density at radius 3 is 2.51 bits per heavy atom. The summed E-state index contributed by atoms with van der Waals surface area (Å²) in [5, 5.41) is 18.2. The summed E-state index contributed by atoms with van der Waals surface area (Å²) in [6.07, 6.45) is 1.92. The number of aliphatic hydroxyl groups is 1. The lowest BCUT2D eigenvalue weighted by Gasteiger charge is -2.25. The predicted octanol–water partition coefficient (Wildman–Crippen LogP) is 4.62. The van der Waals surface area contributed by atoms with Crippen molar-refractivity contribution in [2.45, 2.75) is 45.0 Å². The van der Waals surface area contributed by atoms with Crippen molar-refractivity contribution in [3.05, 3.63) is 107 Å². The lowest BCUT2D eigenvalue weighted by atomic mass is 10.00. The molecule has 0 unspecified atom stereocenters. The Morgan fingerprint density at radius 2 is 1.77 bits per heavy atom. The molecule has 0 fully saturated rings. The highest BCUT2D eigenvalue weighted by Gasteiger charge is 2.23. The number of aromatic nitrogens is 1. The lowest BCUT2D eigenvalue weighted by molar-refractivity contribution is 0.0830. The fraction of sp³-hybridized carbons (Fsp3) is 0.323. The van der Waals surface area contributed by atoms with Crippen molar-refractivity contribution in [1.82, 2.24) is 15.2 Å². The van der Waals surface area contributed by atoms with Crippen LogP contribution in [0.1, 0.15) is 34.0 Å². The van der Waals surface area contributed by atoms with E-state index in [1.54, 1.807) is 19.2 Å². The van der Waals surface area contributed by atoms with Gasteiger partial charge in [-0.15, -0.1) is 0 Å². The molecular weight excluding hydrogens is 500 g/mol. The number of carbonyl (C=O) groups is 1. The summed E-state index contributed by atoms with van der Waals surface area (Å²) in [6, 6.07) is 18.0. The van der Waals surface area contributed by atoms with Gasteiger partial charge in [-0.05, 0) is 65.3 Å². The number of ether oxygens (including phenoxy) is 1. The number of rotatable bonds is 13. The number of benzene rings is 3. The largest absolute Gasteiger partial charge is 0.390 e. The van der Waals surface area contributed by atoms with Crippen LogP contribution >= 0.6 is 0 Å². The first-order valence-electron chi connectivity index (χ1n) is 13.2. The van der Waals surface area contributed by atoms with Crippen LogP contribution in [0.2, 0.25) is 0 Å². The van der Waals surface area contributed by atoms with Crippen LogP contribution in [-0.2, 0) is 30.7 Å². The number of aryl methyl sites for hydroxylation is 1. The topological polar surface area (TPSA) is 75.5 Å². The van der Waals surface area contributed by atoms with Crippen molar-refractivity contribution in [1.29, 1.82) is 0 Å². The van der Waals surface area contributed by atoms with E-state index >= 15 is 0 Å². The van der Waals surface area contributed by atoms with E-state index in [-0.39, 0.29) is 18.9 Å². The molecule has 4 rings (SSSR count). The van der Waals surface area contributed by atoms with Crippen LogP contribution in [0.3, 0.4) is 0 Å². The molecule has 0 aliphatic heterocycles. The number of nitrogens with zero attached hydrogens (tertiary/aromatic N) is 1. The summed E-state index contributed by atoms with van der Waals surface area (Å²) in [5.41, 5.74) is 3.96. The maximum Gasteiger partial charge on any atom is 0.251 e. The third-order valence-electron chi connectivity index (χ3n) is 6.81. The number of carbonyl (C=O) groups excluding carboxylic acids is 1. The van der Waals surface area contributed by atoms with Gasteiger partial charge in [-0.3, -0.25) is 4.79 Å². The van der Waals surface area contributed by atoms with Gasteiger partial charge in [0.05, 0.1) is 18.8 Å². The van der Waals surface area contributed by atoms with E-state index < -0.39 is 23.8 Å². The molecule has 0 aliphatic rings. The van der Waals surface area contributed by atoms with Crippen LogP contribution in [0.5, 0.6) is 0 Å². The molecule has 2 atom stereocenters. The number of methoxy groups -OCH3 is 1. The second-order valence-electron chi connectivity index (χ2n) is 9.71. The van der Waals surface area contributed by atoms with E-state index in [1.165, 1.54) is 17.7 Å². The molecule has 4 aromatic rings. The molecule has 1 amide bonds. The summed E-state index contributed by atoms with van der Waals surface area (Å²) in [7, 11) is 1.64. The van der Waals surface area contributed by atoms with Gasteiger partial charge in [-0.2, -0.15) is 0 Å². The SMILES string of the molecule is CCc1cccc(CNC[C@@H](O)[C@H](Cc2cc(F)cc(F)c2)NC(=O)c2ccc3ccn(CCOC)c3c2)c1. The van der Waals surface area contributed by atoms with Crippen LogP contribution in [-0.4, -0.2) is 48.0 Å². The molecule has 39 heavy (non-hydrogen) atoms. The summed E-state index contributed by atoms with van der Waals surface area (Å²) < 4.78 is 35.0. The van der Waals surface area contributed by atoms with Gasteiger partial charge in [0.2, 0.25) is 0 Å². The normalized spacial score (nSPS) is 12.9. The first-order chi connectivity index (χ1) is 18.9. The minimum absolute atomic E-state index is 0.0566. The molecule has 0 saturated carbocycles. The molecule has 1 aromatic heterocycles. The zero-order valence-corrected chi connectivity index (χ0v) is 22.3. The number of hydrogen-bond acceptors (Lipinski definition) is 4. The van der Waals surface area contributed by atoms with Gasteiger partial charge in [-0.1, -0.05) is 37.3 Å². The van der Waals surface area contributed by atoms with Crippen LogP contribution in [0.15, 0.2) is 72.9 Å². The predicted molar refractivity (Wildman–Crippen MR) is 149 cm³/mol. The molecule has 3 aromatic carbocycles. The zero-order valence-electron chi connectivity index (χ0n) is 22.3. The molecule has 0 saturated heterocycles. The maximum absolute atomic E-state index is 13.9. The quantitative estimate of drug-likeness (QED) is 0.234. The van der Waals surface area contributed by atoms with Gasteiger partial charge in [0.15, 0.2) is 0 Å². The van der Waals surface area contributed by atoms with Gasteiger partial charge >= 0.3 is 0 Å². The third kappa shape index (κ3) is 7.72. The van der Waals surface area contributed by atoms with Gasteiger partial charge in [0.1, 0.15) is 11.6 Å². The van der Waals surface area contributed by atoms with E-state index in [0.29, 0.717) is 30.8 Å². The molecule has 0 bridgehead atoms. The summed E-state index contributed by atoms with van der Waals surface area (Å²) in [5.74, 6) is -1.80. The maximum atomic E-state index is 13.9. The minimum atomic E-state index is -1.01. The summed E-state index contributed by atoms with van der Waals surface area (Å²) in [4.78, 5) is 13.3. The molecule has 8 heteroatoms. The van der Waals surface area contributed by atoms with E-state index in [2.05, 4.69) is 29.7 Å². The van der Waals surface area contributed by atoms with E-state index in [0.717, 1.165) is 29.0 Å². The highest BCUT2D eigenvalue weighted by molar-refractivity contribution is 5.98. The number of nitrogens with one attached hydrogen (secondary N) is 2. The third-order valence-corrected chi connectivity index (χ3v) is 6.81. The Morgan fingerprint density at radius 1 is 1.00 bits per heavy atom. The number of hydrogen-bond donors (Lipinski definition) is 3. The second kappa shape index (κ2) is 13.5. The molecule has 0 spiro atoms. The molecule has 206 valence electrons. The number of amides is 1. The van der Waals surface area contributed by atoms with Crippen LogP contribution in [0.4, 0.5) is 8.78 Å². The van der Waals surface area contributed by atoms with Crippen molar-refractivity contribution in [2.24, 2.45) is 0 Å². The van der Waals surface area contributed by atoms with Crippen LogP contribution in [0.25, 0.3) is 10.9 Å². The molecule has 1 heterocycles. The highest BCUT2D eigenvalue weighted by atomic mass is 19.1. The Balaban J connectivity index is 1.50. The molecule has 3 N–H and O–H groups in total. The number of halogens is 2. The van der Waals surface area contributed by atoms with Crippen molar-refractivity contribution < 1.29 is 23.4 Å². The van der Waals surface area contributed by atoms with E-state index in [4.69, 9.17) is 4.74 Å². The van der Waals surface area contributed by atoms with Gasteiger partial charge in [0, 0.05) is 50.1 Å². The van der Waals surface area contributed by atoms with E-state index in [9.17, 15) is 18.7 Å². The number of fused-ring (bicyclic) bond motifs is 1. The average molecular weight is 536 g/mol. The Hall–Kier alpha value is -3.59.